The van der Waals surface area contributed by atoms with Crippen molar-refractivity contribution in [1.82, 2.24) is 9.55 Å². The number of aromatic nitrogens is 2. The molecule has 1 saturated heterocycles. The maximum atomic E-state index is 11.6. The second-order valence-corrected chi connectivity index (χ2v) is 7.85. The van der Waals surface area contributed by atoms with E-state index in [2.05, 4.69) is 14.8 Å². The van der Waals surface area contributed by atoms with E-state index >= 15 is 0 Å². The Morgan fingerprint density at radius 1 is 0.811 bits per heavy atom. The fraction of sp³-hybridized carbons (Fsp3) is 0.500. The highest BCUT2D eigenvalue weighted by Gasteiger charge is 2.54. The molecule has 1 aromatic carbocycles. The maximum Gasteiger partial charge on any atom is 0.339 e. The summed E-state index contributed by atoms with van der Waals surface area (Å²) >= 11 is 0. The molecule has 0 aliphatic carbocycles. The molecule has 0 spiro atoms. The average Bonchev–Trinajstić information content (AvgIpc) is 3.15. The van der Waals surface area contributed by atoms with Gasteiger partial charge < -0.3 is 4.74 Å². The summed E-state index contributed by atoms with van der Waals surface area (Å²) in [7, 11) is 0. The van der Waals surface area contributed by atoms with Gasteiger partial charge in [0.25, 0.3) is 0 Å². The van der Waals surface area contributed by atoms with Crippen molar-refractivity contribution in [2.45, 2.75) is 65.3 Å². The zero-order valence-electron chi connectivity index (χ0n) is 20.6. The lowest BCUT2D eigenvalue weighted by Crippen LogP contribution is -2.59. The highest BCUT2D eigenvalue weighted by molar-refractivity contribution is 5.76. The first-order valence-corrected chi connectivity index (χ1v) is 11.0. The summed E-state index contributed by atoms with van der Waals surface area (Å²) < 4.78 is 7.80. The van der Waals surface area contributed by atoms with E-state index in [0.29, 0.717) is 16.9 Å². The average molecular weight is 526 g/mol. The van der Waals surface area contributed by atoms with Crippen molar-refractivity contribution in [2.24, 2.45) is 0 Å². The van der Waals surface area contributed by atoms with Crippen LogP contribution in [0.25, 0.3) is 11.0 Å². The Hall–Kier alpha value is -3.63. The predicted molar refractivity (Wildman–Crippen MR) is 116 cm³/mol. The van der Waals surface area contributed by atoms with Gasteiger partial charge in [0, 0.05) is 27.7 Å². The van der Waals surface area contributed by atoms with Crippen LogP contribution in [0.1, 0.15) is 39.7 Å². The highest BCUT2D eigenvalue weighted by Crippen LogP contribution is 2.37. The Balaban J connectivity index is 2.09. The summed E-state index contributed by atoms with van der Waals surface area (Å²) in [6.07, 6.45) is -6.61. The lowest BCUT2D eigenvalue weighted by atomic mass is 9.98. The third-order valence-electron chi connectivity index (χ3n) is 4.87. The highest BCUT2D eigenvalue weighted by atomic mass is 17.3. The Morgan fingerprint density at radius 2 is 1.35 bits per heavy atom. The molecule has 5 unspecified atom stereocenters. The molecule has 202 valence electrons. The molecule has 0 bridgehead atoms. The molecule has 0 amide bonds. The Labute approximate surface area is 210 Å². The Kier molecular flexibility index (Phi) is 9.48. The predicted octanol–water partition coefficient (Wildman–Crippen LogP) is 1.33. The molecule has 1 aromatic heterocycles. The zero-order chi connectivity index (χ0) is 27.1. The largest absolute Gasteiger partial charge is 0.346 e. The van der Waals surface area contributed by atoms with Crippen LogP contribution in [-0.4, -0.2) is 64.5 Å². The van der Waals surface area contributed by atoms with Crippen LogP contribution in [0.15, 0.2) is 24.3 Å². The van der Waals surface area contributed by atoms with Crippen molar-refractivity contribution in [1.29, 1.82) is 0 Å². The number of hydrogen-bond acceptors (Lipinski definition) is 14. The van der Waals surface area contributed by atoms with Gasteiger partial charge in [-0.1, -0.05) is 12.1 Å². The van der Waals surface area contributed by atoms with Crippen molar-refractivity contribution < 1.29 is 63.0 Å². The number of benzene rings is 1. The topological polar surface area (TPSA) is 169 Å². The van der Waals surface area contributed by atoms with E-state index in [1.165, 1.54) is 0 Å². The van der Waals surface area contributed by atoms with E-state index in [4.69, 9.17) is 34.1 Å². The van der Waals surface area contributed by atoms with Crippen molar-refractivity contribution in [3.05, 3.63) is 30.1 Å². The second-order valence-electron chi connectivity index (χ2n) is 7.85. The molecule has 0 saturated carbocycles. The third-order valence-corrected chi connectivity index (χ3v) is 4.87. The van der Waals surface area contributed by atoms with Crippen molar-refractivity contribution in [3.8, 4) is 0 Å². The standard InChI is InChI=1S/C22H26N2O13/c1-11-23-16-8-6-7-9-17(16)24(11)22-21(37-34-15(5)28)20(36-33-14(4)27)19(35-32-13(3)26)18(30-22)10-29-31-12(2)25/h6-9,18-22H,10H2,1-5H3. The van der Waals surface area contributed by atoms with E-state index < -0.39 is 61.1 Å². The zero-order valence-corrected chi connectivity index (χ0v) is 20.6. The summed E-state index contributed by atoms with van der Waals surface area (Å²) in [5.74, 6) is -2.76. The van der Waals surface area contributed by atoms with Crippen LogP contribution in [0.5, 0.6) is 0 Å². The number of fused-ring (bicyclic) bond motifs is 1. The Bertz CT molecular complexity index is 1130. The molecule has 1 fully saturated rings. The van der Waals surface area contributed by atoms with Crippen LogP contribution in [0, 0.1) is 6.92 Å². The first-order valence-electron chi connectivity index (χ1n) is 11.0. The van der Waals surface area contributed by atoms with Crippen LogP contribution in [0.3, 0.4) is 0 Å². The number of hydrogen-bond donors (Lipinski definition) is 0. The van der Waals surface area contributed by atoms with Gasteiger partial charge in [-0.2, -0.15) is 19.6 Å². The molecule has 1 aliphatic rings. The minimum atomic E-state index is -1.45. The number of rotatable bonds is 10. The number of imidazole rings is 1. The number of carbonyl (C=O) groups is 4. The molecule has 0 radical (unpaired) electrons. The first-order chi connectivity index (χ1) is 17.6. The van der Waals surface area contributed by atoms with Gasteiger partial charge in [0.1, 0.15) is 18.5 Å². The van der Waals surface area contributed by atoms with Crippen molar-refractivity contribution >= 4 is 34.9 Å². The van der Waals surface area contributed by atoms with Crippen LogP contribution in [-0.2, 0) is 63.0 Å². The van der Waals surface area contributed by atoms with Crippen LogP contribution < -0.4 is 0 Å². The van der Waals surface area contributed by atoms with Crippen LogP contribution in [0.2, 0.25) is 0 Å². The SMILES string of the molecule is CC(=O)OOCC1OC(n2c(C)nc3ccccc32)C(OOC(C)=O)C(OOC(C)=O)C1OOC(C)=O. The van der Waals surface area contributed by atoms with Gasteiger partial charge >= 0.3 is 23.9 Å². The quantitative estimate of drug-likeness (QED) is 0.321. The fourth-order valence-electron chi connectivity index (χ4n) is 3.61. The summed E-state index contributed by atoms with van der Waals surface area (Å²) in [5.41, 5.74) is 1.21. The molecule has 2 heterocycles. The second kappa shape index (κ2) is 12.6. The van der Waals surface area contributed by atoms with Gasteiger partial charge in [-0.15, -0.1) is 0 Å². The molecule has 15 heteroatoms. The van der Waals surface area contributed by atoms with Crippen LogP contribution in [0.4, 0.5) is 0 Å². The minimum Gasteiger partial charge on any atom is -0.346 e. The smallest absolute Gasteiger partial charge is 0.339 e. The normalized spacial score (nSPS) is 23.3. The van der Waals surface area contributed by atoms with E-state index in [9.17, 15) is 19.2 Å². The van der Waals surface area contributed by atoms with E-state index in [1.807, 2.05) is 0 Å². The van der Waals surface area contributed by atoms with Crippen molar-refractivity contribution in [3.63, 3.8) is 0 Å². The Morgan fingerprint density at radius 3 is 1.95 bits per heavy atom. The minimum absolute atomic E-state index is 0.450. The monoisotopic (exact) mass is 526 g/mol. The molecule has 15 nitrogen and oxygen atoms in total. The molecular weight excluding hydrogens is 500 g/mol. The van der Waals surface area contributed by atoms with Gasteiger partial charge in [0.2, 0.25) is 0 Å². The summed E-state index contributed by atoms with van der Waals surface area (Å²) in [6.45, 7) is 5.62. The van der Waals surface area contributed by atoms with Gasteiger partial charge in [-0.25, -0.2) is 24.2 Å². The summed E-state index contributed by atoms with van der Waals surface area (Å²) in [6, 6.07) is 7.09. The number of ether oxygens (including phenoxy) is 1. The van der Waals surface area contributed by atoms with Gasteiger partial charge in [0.05, 0.1) is 11.0 Å². The fourth-order valence-corrected chi connectivity index (χ4v) is 3.61. The molecular formula is C22H26N2O13. The number of aryl methyl sites for hydroxylation is 1. The van der Waals surface area contributed by atoms with Crippen LogP contribution >= 0.6 is 0 Å². The first kappa shape index (κ1) is 27.9. The van der Waals surface area contributed by atoms with E-state index in [1.54, 1.807) is 35.8 Å². The van der Waals surface area contributed by atoms with Gasteiger partial charge in [0.15, 0.2) is 24.5 Å². The van der Waals surface area contributed by atoms with E-state index in [0.717, 1.165) is 27.7 Å². The summed E-state index contributed by atoms with van der Waals surface area (Å²) in [5, 5.41) is 0. The molecule has 0 N–H and O–H groups in total. The number of nitrogens with zero attached hydrogens (tertiary/aromatic N) is 2. The maximum absolute atomic E-state index is 11.6. The molecule has 2 aromatic rings. The van der Waals surface area contributed by atoms with E-state index in [-0.39, 0.29) is 0 Å². The summed E-state index contributed by atoms with van der Waals surface area (Å²) in [4.78, 5) is 90.0. The lowest BCUT2D eigenvalue weighted by Gasteiger charge is -2.43. The van der Waals surface area contributed by atoms with Crippen molar-refractivity contribution in [2.75, 3.05) is 6.61 Å². The molecule has 37 heavy (non-hydrogen) atoms. The number of para-hydroxylation sites is 2. The molecule has 3 rings (SSSR count). The number of carbonyl (C=O) groups excluding carboxylic acids is 4. The third kappa shape index (κ3) is 7.21. The molecule has 5 atom stereocenters. The van der Waals surface area contributed by atoms with Gasteiger partial charge in [-0.05, 0) is 19.1 Å². The lowest BCUT2D eigenvalue weighted by molar-refractivity contribution is -0.445. The van der Waals surface area contributed by atoms with Gasteiger partial charge in [-0.3, -0.25) is 24.1 Å². The molecule has 1 aliphatic heterocycles.